The SMILES string of the molecule is NC(=S)C(C(=O)NCCN1CCSCC1)c1ccccc1. The van der Waals surface area contributed by atoms with Crippen molar-refractivity contribution in [2.24, 2.45) is 5.73 Å². The molecule has 1 unspecified atom stereocenters. The number of thioether (sulfide) groups is 1. The Balaban J connectivity index is 1.86. The molecule has 1 amide bonds. The van der Waals surface area contributed by atoms with Crippen molar-refractivity contribution >= 4 is 34.9 Å². The number of hydrogen-bond acceptors (Lipinski definition) is 4. The molecule has 6 heteroatoms. The fourth-order valence-corrected chi connectivity index (χ4v) is 3.58. The van der Waals surface area contributed by atoms with Crippen molar-refractivity contribution in [1.82, 2.24) is 10.2 Å². The Hall–Kier alpha value is -1.11. The first kappa shape index (κ1) is 16.3. The number of benzene rings is 1. The van der Waals surface area contributed by atoms with Crippen molar-refractivity contribution in [3.63, 3.8) is 0 Å². The molecule has 21 heavy (non-hydrogen) atoms. The van der Waals surface area contributed by atoms with Gasteiger partial charge in [0.1, 0.15) is 5.92 Å². The molecule has 1 aliphatic rings. The van der Waals surface area contributed by atoms with Gasteiger partial charge in [0.15, 0.2) is 0 Å². The van der Waals surface area contributed by atoms with Crippen LogP contribution in [-0.2, 0) is 4.79 Å². The number of nitrogens with two attached hydrogens (primary N) is 1. The van der Waals surface area contributed by atoms with E-state index in [2.05, 4.69) is 10.2 Å². The second kappa shape index (κ2) is 8.36. The maximum atomic E-state index is 12.3. The van der Waals surface area contributed by atoms with Gasteiger partial charge in [-0.2, -0.15) is 11.8 Å². The molecule has 1 saturated heterocycles. The van der Waals surface area contributed by atoms with Crippen LogP contribution in [0.1, 0.15) is 11.5 Å². The van der Waals surface area contributed by atoms with E-state index in [1.54, 1.807) is 0 Å². The molecule has 1 aromatic carbocycles. The standard InChI is InChI=1S/C15H21N3OS2/c16-14(20)13(12-4-2-1-3-5-12)15(19)17-6-7-18-8-10-21-11-9-18/h1-5,13H,6-11H2,(H2,16,20)(H,17,19). The fourth-order valence-electron chi connectivity index (χ4n) is 2.35. The van der Waals surface area contributed by atoms with E-state index in [1.807, 2.05) is 42.1 Å². The van der Waals surface area contributed by atoms with Crippen molar-refractivity contribution in [3.8, 4) is 0 Å². The van der Waals surface area contributed by atoms with Gasteiger partial charge in [0.2, 0.25) is 5.91 Å². The van der Waals surface area contributed by atoms with Crippen LogP contribution in [0.3, 0.4) is 0 Å². The van der Waals surface area contributed by atoms with E-state index < -0.39 is 5.92 Å². The third-order valence-electron chi connectivity index (χ3n) is 3.51. The Labute approximate surface area is 135 Å². The Morgan fingerprint density at radius 1 is 1.33 bits per heavy atom. The molecule has 4 nitrogen and oxygen atoms in total. The Morgan fingerprint density at radius 2 is 2.00 bits per heavy atom. The Morgan fingerprint density at radius 3 is 2.62 bits per heavy atom. The molecular weight excluding hydrogens is 302 g/mol. The predicted octanol–water partition coefficient (Wildman–Crippen LogP) is 1.22. The summed E-state index contributed by atoms with van der Waals surface area (Å²) >= 11 is 7.04. The summed E-state index contributed by atoms with van der Waals surface area (Å²) in [6.45, 7) is 3.70. The molecule has 0 aliphatic carbocycles. The van der Waals surface area contributed by atoms with Crippen LogP contribution in [0.25, 0.3) is 0 Å². The minimum absolute atomic E-state index is 0.111. The van der Waals surface area contributed by atoms with Gasteiger partial charge in [-0.3, -0.25) is 9.69 Å². The van der Waals surface area contributed by atoms with Crippen molar-refractivity contribution < 1.29 is 4.79 Å². The van der Waals surface area contributed by atoms with Crippen LogP contribution >= 0.6 is 24.0 Å². The van der Waals surface area contributed by atoms with Gasteiger partial charge in [-0.15, -0.1) is 0 Å². The van der Waals surface area contributed by atoms with E-state index in [9.17, 15) is 4.79 Å². The van der Waals surface area contributed by atoms with Gasteiger partial charge in [-0.1, -0.05) is 42.5 Å². The summed E-state index contributed by atoms with van der Waals surface area (Å²) in [5, 5.41) is 2.95. The maximum absolute atomic E-state index is 12.3. The summed E-state index contributed by atoms with van der Waals surface area (Å²) in [6, 6.07) is 9.45. The highest BCUT2D eigenvalue weighted by molar-refractivity contribution is 7.99. The normalized spacial score (nSPS) is 17.1. The minimum atomic E-state index is -0.543. The summed E-state index contributed by atoms with van der Waals surface area (Å²) in [7, 11) is 0. The van der Waals surface area contributed by atoms with Gasteiger partial charge in [0, 0.05) is 37.7 Å². The summed E-state index contributed by atoms with van der Waals surface area (Å²) in [5.74, 6) is 1.69. The largest absolute Gasteiger partial charge is 0.392 e. The summed E-state index contributed by atoms with van der Waals surface area (Å²) < 4.78 is 0. The van der Waals surface area contributed by atoms with Crippen LogP contribution in [0.4, 0.5) is 0 Å². The van der Waals surface area contributed by atoms with Gasteiger partial charge in [-0.25, -0.2) is 0 Å². The molecule has 1 heterocycles. The lowest BCUT2D eigenvalue weighted by Gasteiger charge is -2.26. The van der Waals surface area contributed by atoms with Gasteiger partial charge in [-0.05, 0) is 5.56 Å². The van der Waals surface area contributed by atoms with Crippen LogP contribution in [-0.4, -0.2) is 53.5 Å². The highest BCUT2D eigenvalue weighted by Crippen LogP contribution is 2.16. The predicted molar refractivity (Wildman–Crippen MR) is 92.7 cm³/mol. The highest BCUT2D eigenvalue weighted by atomic mass is 32.2. The summed E-state index contributed by atoms with van der Waals surface area (Å²) in [4.78, 5) is 14.9. The first-order chi connectivity index (χ1) is 10.2. The van der Waals surface area contributed by atoms with E-state index in [1.165, 1.54) is 11.5 Å². The van der Waals surface area contributed by atoms with Crippen LogP contribution in [0, 0.1) is 0 Å². The molecule has 1 aliphatic heterocycles. The third kappa shape index (κ3) is 4.98. The molecule has 1 aromatic rings. The molecule has 0 saturated carbocycles. The lowest BCUT2D eigenvalue weighted by Crippen LogP contribution is -2.42. The summed E-state index contributed by atoms with van der Waals surface area (Å²) in [5.41, 5.74) is 6.59. The van der Waals surface area contributed by atoms with Crippen LogP contribution < -0.4 is 11.1 Å². The smallest absolute Gasteiger partial charge is 0.234 e. The first-order valence-electron chi connectivity index (χ1n) is 7.10. The second-order valence-electron chi connectivity index (χ2n) is 4.99. The van der Waals surface area contributed by atoms with Crippen molar-refractivity contribution in [2.45, 2.75) is 5.92 Å². The number of rotatable bonds is 6. The average molecular weight is 323 g/mol. The van der Waals surface area contributed by atoms with Gasteiger partial charge < -0.3 is 11.1 Å². The topological polar surface area (TPSA) is 58.4 Å². The molecule has 3 N–H and O–H groups in total. The molecule has 1 fully saturated rings. The number of nitrogens with zero attached hydrogens (tertiary/aromatic N) is 1. The number of amides is 1. The van der Waals surface area contributed by atoms with Crippen LogP contribution in [0.5, 0.6) is 0 Å². The monoisotopic (exact) mass is 323 g/mol. The van der Waals surface area contributed by atoms with Crippen LogP contribution in [0.2, 0.25) is 0 Å². The zero-order valence-electron chi connectivity index (χ0n) is 12.0. The molecule has 0 aromatic heterocycles. The average Bonchev–Trinajstić information content (AvgIpc) is 2.49. The van der Waals surface area contributed by atoms with Gasteiger partial charge >= 0.3 is 0 Å². The number of hydrogen-bond donors (Lipinski definition) is 2. The number of carbonyl (C=O) groups excluding carboxylic acids is 1. The molecule has 0 bridgehead atoms. The maximum Gasteiger partial charge on any atom is 0.234 e. The highest BCUT2D eigenvalue weighted by Gasteiger charge is 2.23. The quantitative estimate of drug-likeness (QED) is 0.771. The van der Waals surface area contributed by atoms with Crippen molar-refractivity contribution in [2.75, 3.05) is 37.7 Å². The zero-order chi connectivity index (χ0) is 15.1. The molecule has 2 rings (SSSR count). The number of thiocarbonyl (C=S) groups is 1. The third-order valence-corrected chi connectivity index (χ3v) is 4.69. The summed E-state index contributed by atoms with van der Waals surface area (Å²) in [6.07, 6.45) is 0. The van der Waals surface area contributed by atoms with Gasteiger partial charge in [0.25, 0.3) is 0 Å². The van der Waals surface area contributed by atoms with Crippen molar-refractivity contribution in [1.29, 1.82) is 0 Å². The molecular formula is C15H21N3OS2. The van der Waals surface area contributed by atoms with Crippen molar-refractivity contribution in [3.05, 3.63) is 35.9 Å². The Kier molecular flexibility index (Phi) is 6.48. The number of nitrogens with one attached hydrogen (secondary N) is 1. The van der Waals surface area contributed by atoms with E-state index in [-0.39, 0.29) is 10.9 Å². The zero-order valence-corrected chi connectivity index (χ0v) is 13.6. The van der Waals surface area contributed by atoms with E-state index in [0.717, 1.165) is 25.2 Å². The fraction of sp³-hybridized carbons (Fsp3) is 0.467. The van der Waals surface area contributed by atoms with Gasteiger partial charge in [0.05, 0.1) is 4.99 Å². The molecule has 1 atom stereocenters. The molecule has 114 valence electrons. The van der Waals surface area contributed by atoms with Crippen LogP contribution in [0.15, 0.2) is 30.3 Å². The molecule has 0 spiro atoms. The van der Waals surface area contributed by atoms with E-state index >= 15 is 0 Å². The minimum Gasteiger partial charge on any atom is -0.392 e. The molecule has 0 radical (unpaired) electrons. The Bertz CT molecular complexity index is 475. The lowest BCUT2D eigenvalue weighted by molar-refractivity contribution is -0.121. The first-order valence-corrected chi connectivity index (χ1v) is 8.67. The van der Waals surface area contributed by atoms with E-state index in [4.69, 9.17) is 18.0 Å². The number of carbonyl (C=O) groups is 1. The lowest BCUT2D eigenvalue weighted by atomic mass is 9.98. The second-order valence-corrected chi connectivity index (χ2v) is 6.69. The van der Waals surface area contributed by atoms with E-state index in [0.29, 0.717) is 6.54 Å².